The third kappa shape index (κ3) is 3.77. The summed E-state index contributed by atoms with van der Waals surface area (Å²) in [6.07, 6.45) is 0. The van der Waals surface area contributed by atoms with E-state index in [-0.39, 0.29) is 5.78 Å². The van der Waals surface area contributed by atoms with Crippen molar-refractivity contribution < 1.29 is 9.32 Å². The molecule has 3 rings (SSSR count). The molecule has 0 aliphatic carbocycles. The molecule has 132 valence electrons. The maximum absolute atomic E-state index is 12.6. The molecular formula is C16H19N5O2S2. The Morgan fingerprint density at radius 3 is 2.80 bits per heavy atom. The second kappa shape index (κ2) is 7.40. The number of aryl methyl sites for hydroxylation is 2. The Labute approximate surface area is 153 Å². The van der Waals surface area contributed by atoms with Gasteiger partial charge in [0.05, 0.1) is 5.75 Å². The lowest BCUT2D eigenvalue weighted by Crippen LogP contribution is -2.05. The molecule has 9 heteroatoms. The van der Waals surface area contributed by atoms with Gasteiger partial charge in [-0.15, -0.1) is 10.2 Å². The first-order valence-electron chi connectivity index (χ1n) is 7.85. The van der Waals surface area contributed by atoms with Crippen LogP contribution in [0, 0.1) is 20.8 Å². The van der Waals surface area contributed by atoms with Crippen molar-refractivity contribution in [1.82, 2.24) is 19.9 Å². The van der Waals surface area contributed by atoms with E-state index in [1.807, 2.05) is 44.4 Å². The lowest BCUT2D eigenvalue weighted by atomic mass is 10.2. The average Bonchev–Trinajstić information content (AvgIpc) is 3.26. The third-order valence-corrected chi connectivity index (χ3v) is 5.65. The second-order valence-corrected chi connectivity index (χ2v) is 7.73. The largest absolute Gasteiger partial charge is 0.360 e. The Morgan fingerprint density at radius 1 is 1.32 bits per heavy atom. The molecule has 0 spiro atoms. The summed E-state index contributed by atoms with van der Waals surface area (Å²) in [7, 11) is 0. The number of rotatable bonds is 7. The number of hydrogen-bond acceptors (Lipinski definition) is 8. The van der Waals surface area contributed by atoms with Crippen molar-refractivity contribution in [3.63, 3.8) is 0 Å². The molecule has 0 bridgehead atoms. The zero-order chi connectivity index (χ0) is 18.0. The number of thioether (sulfide) groups is 1. The summed E-state index contributed by atoms with van der Waals surface area (Å²) < 4.78 is 7.86. The molecule has 0 saturated heterocycles. The summed E-state index contributed by atoms with van der Waals surface area (Å²) in [5.41, 5.74) is 2.51. The number of nitrogens with one attached hydrogen (secondary N) is 1. The van der Waals surface area contributed by atoms with Crippen LogP contribution in [0.5, 0.6) is 0 Å². The molecule has 0 aliphatic heterocycles. The number of ketones is 1. The highest BCUT2D eigenvalue weighted by atomic mass is 32.2. The van der Waals surface area contributed by atoms with E-state index in [0.717, 1.165) is 33.2 Å². The quantitative estimate of drug-likeness (QED) is 0.497. The van der Waals surface area contributed by atoms with Crippen LogP contribution >= 0.6 is 23.1 Å². The minimum Gasteiger partial charge on any atom is -0.360 e. The summed E-state index contributed by atoms with van der Waals surface area (Å²) in [6.45, 7) is 8.52. The normalized spacial score (nSPS) is 11.0. The number of anilines is 1. The molecule has 25 heavy (non-hydrogen) atoms. The van der Waals surface area contributed by atoms with Gasteiger partial charge in [-0.25, -0.2) is 0 Å². The molecule has 0 amide bonds. The minimum atomic E-state index is 0.0600. The number of nitrogens with zero attached hydrogens (tertiary/aromatic N) is 4. The predicted octanol–water partition coefficient (Wildman–Crippen LogP) is 3.65. The van der Waals surface area contributed by atoms with Crippen molar-refractivity contribution >= 4 is 34.0 Å². The number of carbonyl (C=O) groups excluding carboxylic acids is 1. The van der Waals surface area contributed by atoms with Crippen LogP contribution in [0.2, 0.25) is 0 Å². The SMILES string of the molecule is CCNc1nnc(SCC(=O)c2cc(C)n(-c3cc(C)on3)c2C)s1. The van der Waals surface area contributed by atoms with Gasteiger partial charge in [0, 0.05) is 29.6 Å². The number of aromatic nitrogens is 4. The fourth-order valence-corrected chi connectivity index (χ4v) is 4.26. The Balaban J connectivity index is 1.74. The number of carbonyl (C=O) groups is 1. The monoisotopic (exact) mass is 377 g/mol. The maximum Gasteiger partial charge on any atom is 0.206 e. The fourth-order valence-electron chi connectivity index (χ4n) is 2.55. The number of hydrogen-bond donors (Lipinski definition) is 1. The van der Waals surface area contributed by atoms with Crippen molar-refractivity contribution in [2.24, 2.45) is 0 Å². The molecule has 0 saturated carbocycles. The lowest BCUT2D eigenvalue weighted by Gasteiger charge is -2.04. The smallest absolute Gasteiger partial charge is 0.206 e. The molecule has 3 aromatic heterocycles. The van der Waals surface area contributed by atoms with Crippen LogP contribution in [0.4, 0.5) is 5.13 Å². The number of Topliss-reactive ketones (excluding diaryl/α,β-unsaturated/α-hetero) is 1. The van der Waals surface area contributed by atoms with Crippen molar-refractivity contribution in [1.29, 1.82) is 0 Å². The van der Waals surface area contributed by atoms with E-state index < -0.39 is 0 Å². The maximum atomic E-state index is 12.6. The van der Waals surface area contributed by atoms with Gasteiger partial charge in [0.25, 0.3) is 0 Å². The van der Waals surface area contributed by atoms with Crippen LogP contribution in [0.1, 0.15) is 34.4 Å². The van der Waals surface area contributed by atoms with Gasteiger partial charge >= 0.3 is 0 Å². The highest BCUT2D eigenvalue weighted by molar-refractivity contribution is 8.01. The summed E-state index contributed by atoms with van der Waals surface area (Å²) in [5.74, 6) is 1.81. The standard InChI is InChI=1S/C16H19N5O2S2/c1-5-17-15-18-19-16(25-15)24-8-13(22)12-6-9(2)21(11(12)4)14-7-10(3)23-20-14/h6-7H,5,8H2,1-4H3,(H,17,18). The molecule has 0 unspecified atom stereocenters. The summed E-state index contributed by atoms with van der Waals surface area (Å²) in [6, 6.07) is 3.75. The van der Waals surface area contributed by atoms with Crippen LogP contribution in [0.25, 0.3) is 5.82 Å². The molecule has 0 aromatic carbocycles. The van der Waals surface area contributed by atoms with Crippen LogP contribution < -0.4 is 5.32 Å². The van der Waals surface area contributed by atoms with Crippen LogP contribution in [0.3, 0.4) is 0 Å². The highest BCUT2D eigenvalue weighted by Gasteiger charge is 2.19. The molecule has 0 aliphatic rings. The minimum absolute atomic E-state index is 0.0600. The van der Waals surface area contributed by atoms with Gasteiger partial charge in [-0.05, 0) is 33.8 Å². The summed E-state index contributed by atoms with van der Waals surface area (Å²) >= 11 is 2.86. The Morgan fingerprint density at radius 2 is 2.12 bits per heavy atom. The predicted molar refractivity (Wildman–Crippen MR) is 99.2 cm³/mol. The molecule has 0 fully saturated rings. The van der Waals surface area contributed by atoms with Gasteiger partial charge in [0.15, 0.2) is 15.9 Å². The lowest BCUT2D eigenvalue weighted by molar-refractivity contribution is 0.102. The van der Waals surface area contributed by atoms with E-state index in [1.165, 1.54) is 23.1 Å². The van der Waals surface area contributed by atoms with Gasteiger partial charge in [-0.1, -0.05) is 28.3 Å². The highest BCUT2D eigenvalue weighted by Crippen LogP contribution is 2.27. The molecular weight excluding hydrogens is 358 g/mol. The van der Waals surface area contributed by atoms with Gasteiger partial charge in [0.2, 0.25) is 5.13 Å². The summed E-state index contributed by atoms with van der Waals surface area (Å²) in [4.78, 5) is 12.6. The zero-order valence-corrected chi connectivity index (χ0v) is 16.1. The molecule has 1 N–H and O–H groups in total. The van der Waals surface area contributed by atoms with Crippen LogP contribution in [-0.4, -0.2) is 38.0 Å². The molecule has 3 heterocycles. The molecule has 3 aromatic rings. The van der Waals surface area contributed by atoms with Crippen molar-refractivity contribution in [2.45, 2.75) is 32.0 Å². The van der Waals surface area contributed by atoms with E-state index in [2.05, 4.69) is 20.7 Å². The summed E-state index contributed by atoms with van der Waals surface area (Å²) in [5, 5.41) is 16.1. The van der Waals surface area contributed by atoms with Gasteiger partial charge < -0.3 is 9.84 Å². The van der Waals surface area contributed by atoms with E-state index in [9.17, 15) is 4.79 Å². The molecule has 0 radical (unpaired) electrons. The Kier molecular flexibility index (Phi) is 5.24. The van der Waals surface area contributed by atoms with Gasteiger partial charge in [-0.2, -0.15) is 0 Å². The Bertz CT molecular complexity index is 896. The van der Waals surface area contributed by atoms with E-state index in [4.69, 9.17) is 4.52 Å². The van der Waals surface area contributed by atoms with Crippen LogP contribution in [-0.2, 0) is 0 Å². The van der Waals surface area contributed by atoms with E-state index in [1.54, 1.807) is 0 Å². The van der Waals surface area contributed by atoms with Gasteiger partial charge in [-0.3, -0.25) is 9.36 Å². The first kappa shape index (κ1) is 17.7. The van der Waals surface area contributed by atoms with E-state index in [0.29, 0.717) is 17.1 Å². The Hall–Kier alpha value is -2.13. The van der Waals surface area contributed by atoms with Crippen molar-refractivity contribution in [3.05, 3.63) is 34.8 Å². The first-order valence-corrected chi connectivity index (χ1v) is 9.65. The van der Waals surface area contributed by atoms with Gasteiger partial charge in [0.1, 0.15) is 5.76 Å². The average molecular weight is 377 g/mol. The molecule has 0 atom stereocenters. The van der Waals surface area contributed by atoms with E-state index >= 15 is 0 Å². The first-order chi connectivity index (χ1) is 12.0. The molecule has 7 nitrogen and oxygen atoms in total. The van der Waals surface area contributed by atoms with Crippen LogP contribution in [0.15, 0.2) is 21.0 Å². The third-order valence-electron chi connectivity index (χ3n) is 3.64. The van der Waals surface area contributed by atoms with Crippen molar-refractivity contribution in [3.8, 4) is 5.82 Å². The van der Waals surface area contributed by atoms with Crippen molar-refractivity contribution in [2.75, 3.05) is 17.6 Å². The second-order valence-electron chi connectivity index (χ2n) is 5.53. The fraction of sp³-hybridized carbons (Fsp3) is 0.375. The topological polar surface area (TPSA) is 85.8 Å². The zero-order valence-electron chi connectivity index (χ0n) is 14.5.